The summed E-state index contributed by atoms with van der Waals surface area (Å²) in [4.78, 5) is 62.0. The Hall–Kier alpha value is -3.71. The summed E-state index contributed by atoms with van der Waals surface area (Å²) in [5, 5.41) is 32.4. The van der Waals surface area contributed by atoms with Crippen molar-refractivity contribution in [1.29, 1.82) is 0 Å². The lowest BCUT2D eigenvalue weighted by atomic mass is 10.0. The van der Waals surface area contributed by atoms with Crippen LogP contribution in [0.5, 0.6) is 5.75 Å². The zero-order chi connectivity index (χ0) is 25.4. The number of carbonyl (C=O) groups excluding carboxylic acids is 4. The van der Waals surface area contributed by atoms with Crippen LogP contribution in [0, 0.1) is 0 Å². The highest BCUT2D eigenvalue weighted by Crippen LogP contribution is 2.20. The summed E-state index contributed by atoms with van der Waals surface area (Å²) in [6.07, 6.45) is 0.282. The molecular formula is C21H29N5O8. The molecule has 34 heavy (non-hydrogen) atoms. The molecule has 0 aliphatic carbocycles. The van der Waals surface area contributed by atoms with Gasteiger partial charge in [-0.3, -0.25) is 19.2 Å². The molecule has 0 aromatic heterocycles. The van der Waals surface area contributed by atoms with Gasteiger partial charge in [0.1, 0.15) is 23.9 Å². The number of phenolic OH excluding ortho intramolecular Hbond substituents is 1. The zero-order valence-electron chi connectivity index (χ0n) is 18.3. The number of carbonyl (C=O) groups is 5. The number of primary amides is 1. The predicted octanol–water partition coefficient (Wildman–Crippen LogP) is -2.83. The summed E-state index contributed by atoms with van der Waals surface area (Å²) in [6.45, 7) is -0.637. The highest BCUT2D eigenvalue weighted by molar-refractivity contribution is 5.95. The number of nitrogens with zero attached hydrogens (tertiary/aromatic N) is 1. The van der Waals surface area contributed by atoms with Crippen LogP contribution in [0.25, 0.3) is 0 Å². The van der Waals surface area contributed by atoms with Gasteiger partial charge in [-0.1, -0.05) is 12.1 Å². The molecule has 4 atom stereocenters. The number of nitrogens with two attached hydrogens (primary N) is 2. The van der Waals surface area contributed by atoms with Crippen LogP contribution >= 0.6 is 0 Å². The number of benzene rings is 1. The van der Waals surface area contributed by atoms with E-state index in [0.29, 0.717) is 12.0 Å². The highest BCUT2D eigenvalue weighted by Gasteiger charge is 2.39. The largest absolute Gasteiger partial charge is 0.508 e. The number of aromatic hydroxyl groups is 1. The second-order valence-corrected chi connectivity index (χ2v) is 7.98. The van der Waals surface area contributed by atoms with Gasteiger partial charge in [0.25, 0.3) is 0 Å². The maximum absolute atomic E-state index is 13.4. The van der Waals surface area contributed by atoms with E-state index in [1.54, 1.807) is 12.1 Å². The molecule has 4 unspecified atom stereocenters. The fraction of sp³-hybridized carbons (Fsp3) is 0.476. The number of rotatable bonds is 11. The molecule has 1 aliphatic heterocycles. The summed E-state index contributed by atoms with van der Waals surface area (Å²) < 4.78 is 0. The van der Waals surface area contributed by atoms with Gasteiger partial charge in [-0.2, -0.15) is 0 Å². The Morgan fingerprint density at radius 3 is 2.29 bits per heavy atom. The molecule has 1 aromatic carbocycles. The Labute approximate surface area is 195 Å². The molecule has 13 heteroatoms. The molecule has 0 bridgehead atoms. The Morgan fingerprint density at radius 1 is 1.09 bits per heavy atom. The second-order valence-electron chi connectivity index (χ2n) is 7.98. The quantitative estimate of drug-likeness (QED) is 0.173. The molecule has 9 N–H and O–H groups in total. The van der Waals surface area contributed by atoms with Crippen LogP contribution in [0.2, 0.25) is 0 Å². The van der Waals surface area contributed by atoms with Crippen LogP contribution in [0.1, 0.15) is 24.8 Å². The first-order valence-electron chi connectivity index (χ1n) is 10.6. The molecule has 0 saturated carbocycles. The van der Waals surface area contributed by atoms with Gasteiger partial charge >= 0.3 is 5.97 Å². The lowest BCUT2D eigenvalue weighted by Crippen LogP contribution is -2.57. The van der Waals surface area contributed by atoms with E-state index in [9.17, 15) is 29.1 Å². The number of hydrogen-bond donors (Lipinski definition) is 7. The highest BCUT2D eigenvalue weighted by atomic mass is 16.4. The van der Waals surface area contributed by atoms with Crippen molar-refractivity contribution in [1.82, 2.24) is 15.5 Å². The monoisotopic (exact) mass is 479 g/mol. The van der Waals surface area contributed by atoms with E-state index in [1.165, 1.54) is 17.0 Å². The molecule has 1 heterocycles. The number of aliphatic hydroxyl groups excluding tert-OH is 1. The molecular weight excluding hydrogens is 450 g/mol. The number of aliphatic hydroxyl groups is 1. The zero-order valence-corrected chi connectivity index (χ0v) is 18.3. The maximum Gasteiger partial charge on any atom is 0.328 e. The summed E-state index contributed by atoms with van der Waals surface area (Å²) in [5.74, 6) is -4.35. The van der Waals surface area contributed by atoms with Gasteiger partial charge in [-0.25, -0.2) is 4.79 Å². The number of aliphatic carboxylic acids is 1. The number of likely N-dealkylation sites (tertiary alicyclic amines) is 1. The van der Waals surface area contributed by atoms with Crippen LogP contribution in [-0.4, -0.2) is 87.1 Å². The van der Waals surface area contributed by atoms with E-state index in [0.717, 1.165) is 0 Å². The van der Waals surface area contributed by atoms with Crippen molar-refractivity contribution in [3.8, 4) is 5.75 Å². The maximum atomic E-state index is 13.4. The minimum Gasteiger partial charge on any atom is -0.508 e. The van der Waals surface area contributed by atoms with Crippen molar-refractivity contribution in [3.63, 3.8) is 0 Å². The summed E-state index contributed by atoms with van der Waals surface area (Å²) in [7, 11) is 0. The second kappa shape index (κ2) is 12.0. The molecule has 1 fully saturated rings. The van der Waals surface area contributed by atoms with Crippen molar-refractivity contribution >= 4 is 29.6 Å². The van der Waals surface area contributed by atoms with Gasteiger partial charge in [0.15, 0.2) is 0 Å². The summed E-state index contributed by atoms with van der Waals surface area (Å²) in [5.41, 5.74) is 11.4. The van der Waals surface area contributed by atoms with Crippen molar-refractivity contribution < 1.29 is 39.3 Å². The number of hydrogen-bond acceptors (Lipinski definition) is 8. The molecule has 4 amide bonds. The van der Waals surface area contributed by atoms with Crippen LogP contribution in [-0.2, 0) is 30.4 Å². The molecule has 1 aliphatic rings. The van der Waals surface area contributed by atoms with Crippen molar-refractivity contribution in [2.45, 2.75) is 49.9 Å². The Kier molecular flexibility index (Phi) is 9.33. The normalized spacial score (nSPS) is 17.9. The van der Waals surface area contributed by atoms with Crippen LogP contribution < -0.4 is 22.1 Å². The van der Waals surface area contributed by atoms with E-state index >= 15 is 0 Å². The third-order valence-electron chi connectivity index (χ3n) is 5.38. The van der Waals surface area contributed by atoms with Gasteiger partial charge in [0, 0.05) is 13.0 Å². The van der Waals surface area contributed by atoms with E-state index in [2.05, 4.69) is 10.6 Å². The Morgan fingerprint density at radius 2 is 1.74 bits per heavy atom. The first-order valence-corrected chi connectivity index (χ1v) is 10.6. The Balaban J connectivity index is 2.23. The van der Waals surface area contributed by atoms with E-state index < -0.39 is 66.8 Å². The number of phenols is 1. The van der Waals surface area contributed by atoms with Crippen LogP contribution in [0.3, 0.4) is 0 Å². The molecule has 1 aromatic rings. The third kappa shape index (κ3) is 7.15. The summed E-state index contributed by atoms with van der Waals surface area (Å²) in [6, 6.07) is 0.942. The number of amides is 4. The third-order valence-corrected chi connectivity index (χ3v) is 5.38. The molecule has 186 valence electrons. The van der Waals surface area contributed by atoms with E-state index in [4.69, 9.17) is 21.7 Å². The number of carboxylic acid groups (broad SMARTS) is 1. The molecule has 2 rings (SSSR count). The van der Waals surface area contributed by atoms with Gasteiger partial charge in [-0.15, -0.1) is 0 Å². The Bertz CT molecular complexity index is 922. The fourth-order valence-corrected chi connectivity index (χ4v) is 3.61. The van der Waals surface area contributed by atoms with Gasteiger partial charge in [0.05, 0.1) is 19.1 Å². The summed E-state index contributed by atoms with van der Waals surface area (Å²) >= 11 is 0. The average Bonchev–Trinajstić information content (AvgIpc) is 3.27. The lowest BCUT2D eigenvalue weighted by Gasteiger charge is -2.30. The minimum absolute atomic E-state index is 0.00657. The van der Waals surface area contributed by atoms with Gasteiger partial charge in [0.2, 0.25) is 23.6 Å². The van der Waals surface area contributed by atoms with E-state index in [1.807, 2.05) is 0 Å². The van der Waals surface area contributed by atoms with Crippen LogP contribution in [0.15, 0.2) is 24.3 Å². The molecule has 13 nitrogen and oxygen atoms in total. The van der Waals surface area contributed by atoms with Crippen LogP contribution in [0.4, 0.5) is 0 Å². The molecule has 0 radical (unpaired) electrons. The number of nitrogens with one attached hydrogen (secondary N) is 2. The molecule has 0 spiro atoms. The average molecular weight is 479 g/mol. The predicted molar refractivity (Wildman–Crippen MR) is 117 cm³/mol. The van der Waals surface area contributed by atoms with Crippen molar-refractivity contribution in [2.24, 2.45) is 11.5 Å². The first kappa shape index (κ1) is 26.5. The van der Waals surface area contributed by atoms with Crippen molar-refractivity contribution in [2.75, 3.05) is 13.2 Å². The standard InChI is InChI=1S/C21H29N5O8/c22-13(9-17(23)29)18(30)24-14(8-11-3-5-12(28)6-4-11)20(32)26-7-1-2-16(26)19(31)25-15(10-27)21(33)34/h3-6,13-16,27-28H,1-2,7-10,22H2,(H2,23,29)(H,24,30)(H,25,31)(H,33,34). The SMILES string of the molecule is NC(=O)CC(N)C(=O)NC(Cc1ccc(O)cc1)C(=O)N1CCCC1C(=O)NC(CO)C(=O)O. The van der Waals surface area contributed by atoms with Gasteiger partial charge < -0.3 is 42.3 Å². The smallest absolute Gasteiger partial charge is 0.328 e. The van der Waals surface area contributed by atoms with Gasteiger partial charge in [-0.05, 0) is 30.5 Å². The fourth-order valence-electron chi connectivity index (χ4n) is 3.61. The minimum atomic E-state index is -1.52. The number of carboxylic acids is 1. The van der Waals surface area contributed by atoms with E-state index in [-0.39, 0.29) is 25.1 Å². The molecule has 1 saturated heterocycles. The topological polar surface area (TPSA) is 225 Å². The first-order chi connectivity index (χ1) is 16.0. The lowest BCUT2D eigenvalue weighted by molar-refractivity contribution is -0.145. The van der Waals surface area contributed by atoms with Crippen molar-refractivity contribution in [3.05, 3.63) is 29.8 Å².